The van der Waals surface area contributed by atoms with Crippen molar-refractivity contribution in [2.45, 2.75) is 19.8 Å². The number of hydrogen-bond donors (Lipinski definition) is 2. The number of nitrogens with two attached hydrogens (primary N) is 1. The van der Waals surface area contributed by atoms with E-state index in [-0.39, 0.29) is 23.3 Å². The maximum atomic E-state index is 13.9. The summed E-state index contributed by atoms with van der Waals surface area (Å²) in [5.74, 6) is -1.22. The van der Waals surface area contributed by atoms with Crippen LogP contribution in [0.4, 0.5) is 4.39 Å². The molecule has 0 spiro atoms. The highest BCUT2D eigenvalue weighted by molar-refractivity contribution is 5.95. The molecule has 1 saturated heterocycles. The lowest BCUT2D eigenvalue weighted by molar-refractivity contribution is -0.126. The summed E-state index contributed by atoms with van der Waals surface area (Å²) < 4.78 is 13.9. The minimum Gasteiger partial charge on any atom is -0.355 e. The monoisotopic (exact) mass is 307 g/mol. The number of rotatable bonds is 4. The number of benzene rings is 1. The van der Waals surface area contributed by atoms with Crippen molar-refractivity contribution in [1.82, 2.24) is 10.2 Å². The normalized spacial score (nSPS) is 18.1. The molecule has 1 aromatic rings. The Kier molecular flexibility index (Phi) is 5.49. The van der Waals surface area contributed by atoms with Gasteiger partial charge in [-0.25, -0.2) is 4.39 Å². The fourth-order valence-corrected chi connectivity index (χ4v) is 2.69. The van der Waals surface area contributed by atoms with Gasteiger partial charge in [0, 0.05) is 26.2 Å². The number of nitrogens with zero attached hydrogens (tertiary/aromatic N) is 1. The molecule has 0 bridgehead atoms. The highest BCUT2D eigenvalue weighted by Crippen LogP contribution is 2.20. The molecule has 1 aliphatic rings. The van der Waals surface area contributed by atoms with Gasteiger partial charge in [-0.15, -0.1) is 0 Å². The zero-order valence-corrected chi connectivity index (χ0v) is 12.8. The third kappa shape index (κ3) is 3.82. The summed E-state index contributed by atoms with van der Waals surface area (Å²) in [6.07, 6.45) is 1.47. The van der Waals surface area contributed by atoms with E-state index >= 15 is 0 Å². The van der Waals surface area contributed by atoms with Crippen molar-refractivity contribution >= 4 is 11.8 Å². The molecule has 22 heavy (non-hydrogen) atoms. The van der Waals surface area contributed by atoms with Gasteiger partial charge in [-0.2, -0.15) is 0 Å². The smallest absolute Gasteiger partial charge is 0.256 e. The van der Waals surface area contributed by atoms with Crippen molar-refractivity contribution in [2.75, 3.05) is 26.2 Å². The van der Waals surface area contributed by atoms with Crippen LogP contribution in [0, 0.1) is 18.7 Å². The van der Waals surface area contributed by atoms with E-state index in [4.69, 9.17) is 5.73 Å². The number of nitrogens with one attached hydrogen (secondary N) is 1. The van der Waals surface area contributed by atoms with Gasteiger partial charge in [0.15, 0.2) is 0 Å². The second-order valence-electron chi connectivity index (χ2n) is 5.65. The van der Waals surface area contributed by atoms with Crippen LogP contribution in [-0.2, 0) is 4.79 Å². The summed E-state index contributed by atoms with van der Waals surface area (Å²) in [5.41, 5.74) is 6.27. The molecule has 0 saturated carbocycles. The van der Waals surface area contributed by atoms with Gasteiger partial charge in [0.05, 0.1) is 11.5 Å². The Balaban J connectivity index is 2.07. The van der Waals surface area contributed by atoms with Gasteiger partial charge >= 0.3 is 0 Å². The van der Waals surface area contributed by atoms with Crippen molar-refractivity contribution in [1.29, 1.82) is 0 Å². The fraction of sp³-hybridized carbons (Fsp3) is 0.500. The third-order valence-electron chi connectivity index (χ3n) is 3.88. The molecule has 0 radical (unpaired) electrons. The zero-order chi connectivity index (χ0) is 16.1. The Morgan fingerprint density at radius 3 is 2.95 bits per heavy atom. The Bertz CT molecular complexity index is 562. The van der Waals surface area contributed by atoms with Gasteiger partial charge in [-0.1, -0.05) is 11.6 Å². The van der Waals surface area contributed by atoms with Crippen molar-refractivity contribution in [3.8, 4) is 0 Å². The number of carbonyl (C=O) groups excluding carboxylic acids is 2. The quantitative estimate of drug-likeness (QED) is 0.873. The molecule has 0 aromatic heterocycles. The Labute approximate surface area is 129 Å². The summed E-state index contributed by atoms with van der Waals surface area (Å²) >= 11 is 0. The van der Waals surface area contributed by atoms with Crippen LogP contribution in [0.3, 0.4) is 0 Å². The van der Waals surface area contributed by atoms with Gasteiger partial charge in [0.1, 0.15) is 5.82 Å². The van der Waals surface area contributed by atoms with E-state index in [9.17, 15) is 14.0 Å². The first kappa shape index (κ1) is 16.4. The summed E-state index contributed by atoms with van der Waals surface area (Å²) in [5, 5.41) is 2.75. The van der Waals surface area contributed by atoms with Crippen LogP contribution in [0.15, 0.2) is 18.2 Å². The summed E-state index contributed by atoms with van der Waals surface area (Å²) in [4.78, 5) is 26.1. The molecule has 1 heterocycles. The van der Waals surface area contributed by atoms with E-state index in [0.29, 0.717) is 26.2 Å². The highest BCUT2D eigenvalue weighted by atomic mass is 19.1. The van der Waals surface area contributed by atoms with Crippen LogP contribution in [0.5, 0.6) is 0 Å². The molecular weight excluding hydrogens is 285 g/mol. The lowest BCUT2D eigenvalue weighted by Crippen LogP contribution is -2.46. The first-order chi connectivity index (χ1) is 10.5. The second kappa shape index (κ2) is 7.35. The number of piperidine rings is 1. The van der Waals surface area contributed by atoms with Gasteiger partial charge in [0.2, 0.25) is 5.91 Å². The molecule has 2 amide bonds. The number of carbonyl (C=O) groups is 2. The number of hydrogen-bond acceptors (Lipinski definition) is 3. The van der Waals surface area contributed by atoms with Crippen LogP contribution >= 0.6 is 0 Å². The molecule has 1 aliphatic heterocycles. The number of likely N-dealkylation sites (tertiary alicyclic amines) is 1. The van der Waals surface area contributed by atoms with Crippen LogP contribution in [0.1, 0.15) is 28.8 Å². The lowest BCUT2D eigenvalue weighted by atomic mass is 9.96. The molecule has 3 N–H and O–H groups in total. The van der Waals surface area contributed by atoms with Crippen molar-refractivity contribution < 1.29 is 14.0 Å². The van der Waals surface area contributed by atoms with Gasteiger partial charge in [0.25, 0.3) is 5.91 Å². The van der Waals surface area contributed by atoms with E-state index < -0.39 is 5.82 Å². The first-order valence-corrected chi connectivity index (χ1v) is 7.56. The largest absolute Gasteiger partial charge is 0.355 e. The molecule has 120 valence electrons. The first-order valence-electron chi connectivity index (χ1n) is 7.56. The zero-order valence-electron chi connectivity index (χ0n) is 12.8. The van der Waals surface area contributed by atoms with Crippen molar-refractivity contribution in [3.05, 3.63) is 35.1 Å². The fourth-order valence-electron chi connectivity index (χ4n) is 2.69. The van der Waals surface area contributed by atoms with Crippen molar-refractivity contribution in [2.24, 2.45) is 11.7 Å². The molecule has 1 fully saturated rings. The van der Waals surface area contributed by atoms with Crippen LogP contribution in [0.2, 0.25) is 0 Å². The summed E-state index contributed by atoms with van der Waals surface area (Å²) in [7, 11) is 0. The van der Waals surface area contributed by atoms with Gasteiger partial charge < -0.3 is 16.0 Å². The van der Waals surface area contributed by atoms with E-state index in [0.717, 1.165) is 18.4 Å². The maximum Gasteiger partial charge on any atom is 0.256 e. The molecule has 1 unspecified atom stereocenters. The SMILES string of the molecule is Cc1ccc(F)c(C(=O)N2CCCC(C(=O)NCCN)C2)c1. The van der Waals surface area contributed by atoms with Crippen LogP contribution in [-0.4, -0.2) is 42.9 Å². The number of amides is 2. The third-order valence-corrected chi connectivity index (χ3v) is 3.88. The second-order valence-corrected chi connectivity index (χ2v) is 5.65. The molecular formula is C16H22FN3O2. The summed E-state index contributed by atoms with van der Waals surface area (Å²) in [6, 6.07) is 4.49. The average molecular weight is 307 g/mol. The standard InChI is InChI=1S/C16H22FN3O2/c1-11-4-5-14(17)13(9-11)16(22)20-8-2-3-12(10-20)15(21)19-7-6-18/h4-5,9,12H,2-3,6-8,10,18H2,1H3,(H,19,21). The predicted octanol–water partition coefficient (Wildman–Crippen LogP) is 1.06. The average Bonchev–Trinajstić information content (AvgIpc) is 2.54. The van der Waals surface area contributed by atoms with Gasteiger partial charge in [-0.3, -0.25) is 9.59 Å². The van der Waals surface area contributed by atoms with Crippen LogP contribution < -0.4 is 11.1 Å². The Morgan fingerprint density at radius 1 is 1.45 bits per heavy atom. The molecule has 6 heteroatoms. The Morgan fingerprint density at radius 2 is 2.23 bits per heavy atom. The number of halogens is 1. The Hall–Kier alpha value is -1.95. The minimum atomic E-state index is -0.523. The van der Waals surface area contributed by atoms with E-state index in [1.807, 2.05) is 6.92 Å². The van der Waals surface area contributed by atoms with E-state index in [2.05, 4.69) is 5.32 Å². The van der Waals surface area contributed by atoms with Gasteiger partial charge in [-0.05, 0) is 31.9 Å². The highest BCUT2D eigenvalue weighted by Gasteiger charge is 2.29. The molecule has 2 rings (SSSR count). The summed E-state index contributed by atoms with van der Waals surface area (Å²) in [6.45, 7) is 3.50. The molecule has 1 aromatic carbocycles. The number of aryl methyl sites for hydroxylation is 1. The minimum absolute atomic E-state index is 0.0722. The van der Waals surface area contributed by atoms with E-state index in [1.165, 1.54) is 6.07 Å². The molecule has 1 atom stereocenters. The topological polar surface area (TPSA) is 75.4 Å². The van der Waals surface area contributed by atoms with Crippen molar-refractivity contribution in [3.63, 3.8) is 0 Å². The van der Waals surface area contributed by atoms with Crippen LogP contribution in [0.25, 0.3) is 0 Å². The predicted molar refractivity (Wildman–Crippen MR) is 81.8 cm³/mol. The molecule has 0 aliphatic carbocycles. The lowest BCUT2D eigenvalue weighted by Gasteiger charge is -2.32. The van der Waals surface area contributed by atoms with E-state index in [1.54, 1.807) is 17.0 Å². The maximum absolute atomic E-state index is 13.9. The molecule has 5 nitrogen and oxygen atoms in total.